The smallest absolute Gasteiger partial charge is 0.229 e. The van der Waals surface area contributed by atoms with Gasteiger partial charge in [0.2, 0.25) is 5.95 Å². The Morgan fingerprint density at radius 2 is 1.67 bits per heavy atom. The molecule has 1 aliphatic carbocycles. The number of rotatable bonds is 9. The Kier molecular flexibility index (Phi) is 15.8. The van der Waals surface area contributed by atoms with E-state index in [1.54, 1.807) is 6.20 Å². The lowest BCUT2D eigenvalue weighted by Crippen LogP contribution is -2.29. The molecule has 1 aliphatic heterocycles. The van der Waals surface area contributed by atoms with E-state index in [9.17, 15) is 0 Å². The minimum atomic E-state index is 0.0458. The van der Waals surface area contributed by atoms with Crippen LogP contribution in [0.3, 0.4) is 0 Å². The van der Waals surface area contributed by atoms with Crippen molar-refractivity contribution < 1.29 is 14.6 Å². The quantitative estimate of drug-likeness (QED) is 0.213. The number of benzene rings is 1. The number of piperidine rings is 1. The number of aliphatic hydroxyl groups excluding tert-OH is 1. The molecule has 1 aromatic carbocycles. The van der Waals surface area contributed by atoms with E-state index in [1.807, 2.05) is 20.6 Å². The predicted octanol–water partition coefficient (Wildman–Crippen LogP) is 8.02. The molecule has 3 aromatic rings. The average molecular weight is 644 g/mol. The van der Waals surface area contributed by atoms with Crippen molar-refractivity contribution in [1.29, 1.82) is 0 Å². The normalized spacial score (nSPS) is 14.9. The zero-order valence-electron chi connectivity index (χ0n) is 28.7. The molecule has 0 spiro atoms. The van der Waals surface area contributed by atoms with Gasteiger partial charge in [0.25, 0.3) is 0 Å². The topological polar surface area (TPSA) is 117 Å². The van der Waals surface area contributed by atoms with Gasteiger partial charge in [0.05, 0.1) is 35.4 Å². The van der Waals surface area contributed by atoms with Crippen molar-refractivity contribution in [3.05, 3.63) is 46.4 Å². The molecule has 0 bridgehead atoms. The van der Waals surface area contributed by atoms with E-state index >= 15 is 0 Å². The molecule has 0 atom stereocenters. The third kappa shape index (κ3) is 11.0. The molecule has 5 rings (SSSR count). The van der Waals surface area contributed by atoms with Crippen LogP contribution in [0.1, 0.15) is 108 Å². The summed E-state index contributed by atoms with van der Waals surface area (Å²) in [6.45, 7) is 19.1. The fourth-order valence-electron chi connectivity index (χ4n) is 5.13. The lowest BCUT2D eigenvalue weighted by Gasteiger charge is -2.30. The van der Waals surface area contributed by atoms with Gasteiger partial charge in [-0.2, -0.15) is 10.1 Å². The van der Waals surface area contributed by atoms with E-state index in [-0.39, 0.29) is 12.0 Å². The van der Waals surface area contributed by atoms with Crippen molar-refractivity contribution in [2.24, 2.45) is 0 Å². The fourth-order valence-corrected chi connectivity index (χ4v) is 5.27. The standard InChI is InChI=1S/C29H40ClN7O.C3H8.CH4O.CH2O/c1-17(2)27-25(16-37(35-27)21-7-8-21)32-28-23(30)15-31-29(34-28)33-24-13-19(5)22(14-26(24)38-18(3)4)20-9-11-36(6)12-10-20;1-3-2;2*1-2/h13-18,20-21H,7-12H2,1-6H3,(H2,31,32,33,34);3H2,1-2H3;2H,1H3;1H2. The van der Waals surface area contributed by atoms with Crippen LogP contribution >= 0.6 is 11.6 Å². The highest BCUT2D eigenvalue weighted by atomic mass is 35.5. The highest BCUT2D eigenvalue weighted by Crippen LogP contribution is 2.39. The summed E-state index contributed by atoms with van der Waals surface area (Å²) in [6, 6.07) is 4.87. The number of hydrogen-bond donors (Lipinski definition) is 3. The van der Waals surface area contributed by atoms with Crippen molar-refractivity contribution >= 4 is 41.5 Å². The number of halogens is 1. The van der Waals surface area contributed by atoms with Crippen LogP contribution in [-0.4, -0.2) is 69.9 Å². The Morgan fingerprint density at radius 3 is 2.22 bits per heavy atom. The Hall–Kier alpha value is -3.21. The van der Waals surface area contributed by atoms with E-state index in [0.29, 0.717) is 28.7 Å². The zero-order chi connectivity index (χ0) is 33.7. The van der Waals surface area contributed by atoms with Crippen LogP contribution < -0.4 is 15.4 Å². The number of nitrogens with zero attached hydrogens (tertiary/aromatic N) is 5. The summed E-state index contributed by atoms with van der Waals surface area (Å²) in [7, 11) is 3.20. The number of ether oxygens (including phenoxy) is 1. The first-order valence-corrected chi connectivity index (χ1v) is 16.4. The summed E-state index contributed by atoms with van der Waals surface area (Å²) in [5, 5.41) is 19.1. The van der Waals surface area contributed by atoms with Crippen LogP contribution in [0.4, 0.5) is 23.1 Å². The molecule has 250 valence electrons. The van der Waals surface area contributed by atoms with Crippen LogP contribution in [0, 0.1) is 6.92 Å². The molecular weight excluding hydrogens is 590 g/mol. The first kappa shape index (κ1) is 38.0. The van der Waals surface area contributed by atoms with Gasteiger partial charge in [-0.15, -0.1) is 0 Å². The first-order valence-electron chi connectivity index (χ1n) is 16.0. The highest BCUT2D eigenvalue weighted by Gasteiger charge is 2.27. The number of aryl methyl sites for hydroxylation is 1. The summed E-state index contributed by atoms with van der Waals surface area (Å²) >= 11 is 6.53. The zero-order valence-corrected chi connectivity index (χ0v) is 29.4. The minimum Gasteiger partial charge on any atom is -0.489 e. The summed E-state index contributed by atoms with van der Waals surface area (Å²) in [6.07, 6.45) is 9.67. The van der Waals surface area contributed by atoms with Gasteiger partial charge in [0, 0.05) is 13.3 Å². The van der Waals surface area contributed by atoms with E-state index in [1.165, 1.54) is 30.4 Å². The van der Waals surface area contributed by atoms with Crippen LogP contribution in [0.5, 0.6) is 5.75 Å². The Balaban J connectivity index is 0.000000934. The summed E-state index contributed by atoms with van der Waals surface area (Å²) < 4.78 is 8.33. The number of carbonyl (C=O) groups is 1. The molecule has 11 heteroatoms. The second kappa shape index (κ2) is 18.7. The monoisotopic (exact) mass is 643 g/mol. The summed E-state index contributed by atoms with van der Waals surface area (Å²) in [4.78, 5) is 19.6. The second-order valence-corrected chi connectivity index (χ2v) is 12.5. The van der Waals surface area contributed by atoms with Crippen LogP contribution in [0.2, 0.25) is 5.02 Å². The van der Waals surface area contributed by atoms with Crippen molar-refractivity contribution in [1.82, 2.24) is 24.6 Å². The maximum atomic E-state index is 8.00. The number of aromatic nitrogens is 4. The SMILES string of the molecule is C=O.CCC.CO.Cc1cc(Nc2ncc(Cl)c(Nc3cn(C4CC4)nc3C(C)C)n2)c(OC(C)C)cc1C1CCN(C)CC1. The van der Waals surface area contributed by atoms with Crippen LogP contribution in [-0.2, 0) is 4.79 Å². The van der Waals surface area contributed by atoms with E-state index in [4.69, 9.17) is 36.3 Å². The predicted molar refractivity (Wildman–Crippen MR) is 186 cm³/mol. The number of carbonyl (C=O) groups excluding carboxylic acids is 1. The van der Waals surface area contributed by atoms with Gasteiger partial charge < -0.3 is 30.2 Å². The largest absolute Gasteiger partial charge is 0.489 e. The van der Waals surface area contributed by atoms with Gasteiger partial charge in [-0.25, -0.2) is 4.98 Å². The van der Waals surface area contributed by atoms with Crippen molar-refractivity contribution in [3.63, 3.8) is 0 Å². The van der Waals surface area contributed by atoms with Crippen LogP contribution in [0.25, 0.3) is 0 Å². The van der Waals surface area contributed by atoms with Gasteiger partial charge >= 0.3 is 0 Å². The number of nitrogens with one attached hydrogen (secondary N) is 2. The van der Waals surface area contributed by atoms with Crippen molar-refractivity contribution in [3.8, 4) is 5.75 Å². The molecule has 0 radical (unpaired) electrons. The van der Waals surface area contributed by atoms with Crippen molar-refractivity contribution in [2.45, 2.75) is 105 Å². The molecular formula is C34H54ClN7O3. The van der Waals surface area contributed by atoms with E-state index in [2.05, 4.69) is 85.2 Å². The molecule has 2 fully saturated rings. The minimum absolute atomic E-state index is 0.0458. The first-order chi connectivity index (χ1) is 21.6. The molecule has 3 N–H and O–H groups in total. The maximum absolute atomic E-state index is 8.00. The molecule has 1 saturated carbocycles. The molecule has 10 nitrogen and oxygen atoms in total. The number of likely N-dealkylation sites (tertiary alicyclic amines) is 1. The molecule has 2 aromatic heterocycles. The average Bonchev–Trinajstić information content (AvgIpc) is 3.78. The molecule has 0 amide bonds. The third-order valence-corrected chi connectivity index (χ3v) is 7.64. The Labute approximate surface area is 274 Å². The summed E-state index contributed by atoms with van der Waals surface area (Å²) in [5.74, 6) is 2.65. The third-order valence-electron chi connectivity index (χ3n) is 7.36. The van der Waals surface area contributed by atoms with E-state index in [0.717, 1.165) is 55.9 Å². The number of anilines is 4. The molecule has 0 unspecified atom stereocenters. The van der Waals surface area contributed by atoms with Gasteiger partial charge in [-0.05, 0) is 102 Å². The lowest BCUT2D eigenvalue weighted by molar-refractivity contribution is -0.0980. The molecule has 1 saturated heterocycles. The van der Waals surface area contributed by atoms with Gasteiger partial charge in [-0.1, -0.05) is 45.7 Å². The molecule has 45 heavy (non-hydrogen) atoms. The number of hydrogen-bond acceptors (Lipinski definition) is 9. The lowest BCUT2D eigenvalue weighted by atomic mass is 9.86. The maximum Gasteiger partial charge on any atom is 0.229 e. The van der Waals surface area contributed by atoms with Crippen molar-refractivity contribution in [2.75, 3.05) is 37.9 Å². The summed E-state index contributed by atoms with van der Waals surface area (Å²) in [5.41, 5.74) is 5.41. The Bertz CT molecular complexity index is 1320. The van der Waals surface area contributed by atoms with Crippen LogP contribution in [0.15, 0.2) is 24.5 Å². The fraction of sp³-hybridized carbons (Fsp3) is 0.588. The second-order valence-electron chi connectivity index (χ2n) is 12.1. The van der Waals surface area contributed by atoms with Gasteiger partial charge in [0.15, 0.2) is 5.82 Å². The highest BCUT2D eigenvalue weighted by molar-refractivity contribution is 6.32. The van der Waals surface area contributed by atoms with Gasteiger partial charge in [-0.3, -0.25) is 4.68 Å². The molecule has 3 heterocycles. The van der Waals surface area contributed by atoms with Gasteiger partial charge in [0.1, 0.15) is 17.6 Å². The van der Waals surface area contributed by atoms with E-state index < -0.39 is 0 Å². The Morgan fingerprint density at radius 1 is 1.04 bits per heavy atom. The molecule has 2 aliphatic rings. The number of aliphatic hydroxyl groups is 1.